The van der Waals surface area contributed by atoms with E-state index >= 15 is 0 Å². The predicted molar refractivity (Wildman–Crippen MR) is 98.0 cm³/mol. The zero-order valence-corrected chi connectivity index (χ0v) is 14.8. The SMILES string of the molecule is CCCCNC(=O)Nc1cccc2c1CCCN2C(=O)[C@@H]1CCCO1. The van der Waals surface area contributed by atoms with E-state index in [1.807, 2.05) is 23.1 Å². The topological polar surface area (TPSA) is 70.7 Å². The maximum atomic E-state index is 12.8. The summed E-state index contributed by atoms with van der Waals surface area (Å²) in [4.78, 5) is 26.7. The molecule has 2 heterocycles. The van der Waals surface area contributed by atoms with Crippen molar-refractivity contribution in [1.82, 2.24) is 5.32 Å². The van der Waals surface area contributed by atoms with E-state index < -0.39 is 0 Å². The second-order valence-corrected chi connectivity index (χ2v) is 6.63. The van der Waals surface area contributed by atoms with Crippen molar-refractivity contribution in [1.29, 1.82) is 0 Å². The summed E-state index contributed by atoms with van der Waals surface area (Å²) in [6, 6.07) is 5.56. The first kappa shape index (κ1) is 17.7. The number of nitrogens with zero attached hydrogens (tertiary/aromatic N) is 1. The number of benzene rings is 1. The Bertz CT molecular complexity index is 626. The molecule has 136 valence electrons. The van der Waals surface area contributed by atoms with E-state index in [1.165, 1.54) is 0 Å². The second kappa shape index (κ2) is 8.34. The molecule has 0 aromatic heterocycles. The van der Waals surface area contributed by atoms with Crippen molar-refractivity contribution in [3.63, 3.8) is 0 Å². The molecule has 0 saturated carbocycles. The second-order valence-electron chi connectivity index (χ2n) is 6.63. The molecule has 6 heteroatoms. The summed E-state index contributed by atoms with van der Waals surface area (Å²) >= 11 is 0. The fraction of sp³-hybridized carbons (Fsp3) is 0.579. The van der Waals surface area contributed by atoms with Crippen LogP contribution in [0.1, 0.15) is 44.6 Å². The number of hydrogen-bond donors (Lipinski definition) is 2. The van der Waals surface area contributed by atoms with Crippen molar-refractivity contribution >= 4 is 23.3 Å². The van der Waals surface area contributed by atoms with Crippen molar-refractivity contribution in [2.75, 3.05) is 29.9 Å². The number of unbranched alkanes of at least 4 members (excludes halogenated alkanes) is 1. The fourth-order valence-electron chi connectivity index (χ4n) is 3.46. The van der Waals surface area contributed by atoms with Gasteiger partial charge < -0.3 is 20.3 Å². The summed E-state index contributed by atoms with van der Waals surface area (Å²) in [5.74, 6) is 0.0444. The van der Waals surface area contributed by atoms with Crippen LogP contribution in [0.4, 0.5) is 16.2 Å². The molecule has 1 atom stereocenters. The fourth-order valence-corrected chi connectivity index (χ4v) is 3.46. The predicted octanol–water partition coefficient (Wildman–Crippen LogP) is 3.07. The number of carbonyl (C=O) groups excluding carboxylic acids is 2. The first-order valence-corrected chi connectivity index (χ1v) is 9.30. The van der Waals surface area contributed by atoms with Crippen molar-refractivity contribution in [3.8, 4) is 0 Å². The van der Waals surface area contributed by atoms with E-state index in [2.05, 4.69) is 17.6 Å². The van der Waals surface area contributed by atoms with Gasteiger partial charge in [0, 0.05) is 31.1 Å². The molecule has 6 nitrogen and oxygen atoms in total. The molecule has 0 aliphatic carbocycles. The lowest BCUT2D eigenvalue weighted by Gasteiger charge is -2.32. The Hall–Kier alpha value is -2.08. The Morgan fingerprint density at radius 1 is 1.32 bits per heavy atom. The van der Waals surface area contributed by atoms with Gasteiger partial charge in [-0.1, -0.05) is 19.4 Å². The number of anilines is 2. The van der Waals surface area contributed by atoms with Gasteiger partial charge in [0.25, 0.3) is 5.91 Å². The Balaban J connectivity index is 1.74. The van der Waals surface area contributed by atoms with Gasteiger partial charge in [0.1, 0.15) is 6.10 Å². The van der Waals surface area contributed by atoms with Crippen molar-refractivity contribution < 1.29 is 14.3 Å². The lowest BCUT2D eigenvalue weighted by Crippen LogP contribution is -2.42. The molecule has 2 aliphatic rings. The molecule has 1 aromatic rings. The Kier molecular flexibility index (Phi) is 5.91. The molecule has 2 aliphatic heterocycles. The normalized spacial score (nSPS) is 19.4. The van der Waals surface area contributed by atoms with Crippen LogP contribution in [0.3, 0.4) is 0 Å². The molecule has 3 amide bonds. The Labute approximate surface area is 148 Å². The minimum Gasteiger partial charge on any atom is -0.368 e. The average molecular weight is 345 g/mol. The number of amides is 3. The monoisotopic (exact) mass is 345 g/mol. The zero-order chi connectivity index (χ0) is 17.6. The van der Waals surface area contributed by atoms with Crippen LogP contribution >= 0.6 is 0 Å². The molecular weight excluding hydrogens is 318 g/mol. The first-order valence-electron chi connectivity index (χ1n) is 9.30. The molecule has 25 heavy (non-hydrogen) atoms. The van der Waals surface area contributed by atoms with E-state index in [-0.39, 0.29) is 18.0 Å². The largest absolute Gasteiger partial charge is 0.368 e. The summed E-state index contributed by atoms with van der Waals surface area (Å²) in [6.45, 7) is 4.13. The number of urea groups is 1. The van der Waals surface area contributed by atoms with Crippen molar-refractivity contribution in [2.45, 2.75) is 51.6 Å². The van der Waals surface area contributed by atoms with Crippen LogP contribution in [0.5, 0.6) is 0 Å². The quantitative estimate of drug-likeness (QED) is 0.806. The van der Waals surface area contributed by atoms with E-state index in [4.69, 9.17) is 4.74 Å². The van der Waals surface area contributed by atoms with Crippen LogP contribution in [0.2, 0.25) is 0 Å². The average Bonchev–Trinajstić information content (AvgIpc) is 3.16. The molecule has 0 spiro atoms. The lowest BCUT2D eigenvalue weighted by molar-refractivity contribution is -0.127. The standard InChI is InChI=1S/C19H27N3O3/c1-2-3-11-20-19(24)21-15-8-4-9-16-14(15)7-5-12-22(16)18(23)17-10-6-13-25-17/h4,8-9,17H,2-3,5-7,10-13H2,1H3,(H2,20,21,24)/t17-/m0/s1. The molecule has 0 bridgehead atoms. The van der Waals surface area contributed by atoms with Gasteiger partial charge in [-0.2, -0.15) is 0 Å². The number of rotatable bonds is 5. The van der Waals surface area contributed by atoms with Crippen molar-refractivity contribution in [2.24, 2.45) is 0 Å². The van der Waals surface area contributed by atoms with E-state index in [0.29, 0.717) is 19.7 Å². The van der Waals surface area contributed by atoms with Crippen molar-refractivity contribution in [3.05, 3.63) is 23.8 Å². The Morgan fingerprint density at radius 2 is 2.20 bits per heavy atom. The molecule has 1 fully saturated rings. The molecule has 3 rings (SSSR count). The van der Waals surface area contributed by atoms with Crippen LogP contribution in [0.25, 0.3) is 0 Å². The van der Waals surface area contributed by atoms with E-state index in [1.54, 1.807) is 0 Å². The summed E-state index contributed by atoms with van der Waals surface area (Å²) in [5, 5.41) is 5.81. The number of ether oxygens (including phenoxy) is 1. The molecular formula is C19H27N3O3. The van der Waals surface area contributed by atoms with Gasteiger partial charge in [-0.25, -0.2) is 4.79 Å². The molecule has 2 N–H and O–H groups in total. The molecule has 1 aromatic carbocycles. The third-order valence-electron chi connectivity index (χ3n) is 4.79. The minimum absolute atomic E-state index is 0.0444. The lowest BCUT2D eigenvalue weighted by atomic mass is 9.98. The van der Waals surface area contributed by atoms with E-state index in [0.717, 1.165) is 55.5 Å². The van der Waals surface area contributed by atoms with Gasteiger partial charge in [0.05, 0.1) is 0 Å². The highest BCUT2D eigenvalue weighted by Gasteiger charge is 2.32. The summed E-state index contributed by atoms with van der Waals surface area (Å²) in [6.07, 6.45) is 5.17. The highest BCUT2D eigenvalue weighted by atomic mass is 16.5. The van der Waals surface area contributed by atoms with Gasteiger partial charge in [-0.05, 0) is 49.8 Å². The maximum absolute atomic E-state index is 12.8. The molecule has 0 unspecified atom stereocenters. The Morgan fingerprint density at radius 3 is 2.96 bits per heavy atom. The van der Waals surface area contributed by atoms with Gasteiger partial charge in [0.15, 0.2) is 0 Å². The summed E-state index contributed by atoms with van der Waals surface area (Å²) in [7, 11) is 0. The zero-order valence-electron chi connectivity index (χ0n) is 14.8. The van der Waals surface area contributed by atoms with Crippen LogP contribution in [0.15, 0.2) is 18.2 Å². The molecule has 1 saturated heterocycles. The van der Waals surface area contributed by atoms with Crippen LogP contribution in [-0.4, -0.2) is 37.7 Å². The summed E-state index contributed by atoms with van der Waals surface area (Å²) < 4.78 is 5.56. The van der Waals surface area contributed by atoms with Crippen LogP contribution in [0, 0.1) is 0 Å². The number of hydrogen-bond acceptors (Lipinski definition) is 3. The smallest absolute Gasteiger partial charge is 0.319 e. The third-order valence-corrected chi connectivity index (χ3v) is 4.79. The first-order chi connectivity index (χ1) is 12.2. The van der Waals surface area contributed by atoms with Gasteiger partial charge in [-0.15, -0.1) is 0 Å². The van der Waals surface area contributed by atoms with Gasteiger partial charge in [-0.3, -0.25) is 4.79 Å². The number of carbonyl (C=O) groups is 2. The van der Waals surface area contributed by atoms with Crippen LogP contribution in [-0.2, 0) is 16.0 Å². The number of nitrogens with one attached hydrogen (secondary N) is 2. The van der Waals surface area contributed by atoms with E-state index in [9.17, 15) is 9.59 Å². The maximum Gasteiger partial charge on any atom is 0.319 e. The van der Waals surface area contributed by atoms with Gasteiger partial charge >= 0.3 is 6.03 Å². The highest BCUT2D eigenvalue weighted by Crippen LogP contribution is 2.34. The highest BCUT2D eigenvalue weighted by molar-refractivity contribution is 5.99. The van der Waals surface area contributed by atoms with Crippen LogP contribution < -0.4 is 15.5 Å². The molecule has 0 radical (unpaired) electrons. The third kappa shape index (κ3) is 4.12. The number of fused-ring (bicyclic) bond motifs is 1. The summed E-state index contributed by atoms with van der Waals surface area (Å²) in [5.41, 5.74) is 2.72. The van der Waals surface area contributed by atoms with Gasteiger partial charge in [0.2, 0.25) is 0 Å². The minimum atomic E-state index is -0.320.